The fourth-order valence-electron chi connectivity index (χ4n) is 5.20. The molecule has 0 aromatic heterocycles. The average molecular weight is 593 g/mol. The number of benzene rings is 2. The molecule has 220 valence electrons. The number of amidine groups is 1. The Morgan fingerprint density at radius 1 is 1.07 bits per heavy atom. The van der Waals surface area contributed by atoms with E-state index in [1.807, 2.05) is 25.1 Å². The molecule has 3 heterocycles. The van der Waals surface area contributed by atoms with Crippen LogP contribution in [0.25, 0.3) is 6.08 Å². The molecule has 0 unspecified atom stereocenters. The first-order valence-electron chi connectivity index (χ1n) is 13.4. The number of amides is 1. The van der Waals surface area contributed by atoms with Crippen LogP contribution < -0.4 is 20.1 Å². The normalized spacial score (nSPS) is 20.3. The predicted molar refractivity (Wildman–Crippen MR) is 147 cm³/mol. The molecule has 1 spiro atoms. The molecule has 2 aromatic carbocycles. The van der Waals surface area contributed by atoms with Gasteiger partial charge in [-0.25, -0.2) is 8.42 Å². The van der Waals surface area contributed by atoms with Crippen molar-refractivity contribution in [2.45, 2.75) is 50.6 Å². The van der Waals surface area contributed by atoms with Gasteiger partial charge in [0, 0.05) is 24.1 Å². The summed E-state index contributed by atoms with van der Waals surface area (Å²) in [5, 5.41) is 7.10. The highest BCUT2D eigenvalue weighted by atomic mass is 32.2. The Bertz CT molecular complexity index is 1460. The van der Waals surface area contributed by atoms with Crippen molar-refractivity contribution in [3.8, 4) is 11.5 Å². The Kier molecular flexibility index (Phi) is 8.13. The smallest absolute Gasteiger partial charge is 0.490 e. The number of nitrogens with zero attached hydrogens (tertiary/aromatic N) is 2. The Balaban J connectivity index is 1.22. The highest BCUT2D eigenvalue weighted by Gasteiger charge is 2.47. The first-order chi connectivity index (χ1) is 19.4. The maximum Gasteiger partial charge on any atom is 0.573 e. The van der Waals surface area contributed by atoms with Crippen molar-refractivity contribution in [1.82, 2.24) is 14.9 Å². The molecule has 3 aliphatic rings. The van der Waals surface area contributed by atoms with Gasteiger partial charge in [-0.05, 0) is 87.2 Å². The minimum atomic E-state index is -4.85. The molecule has 0 radical (unpaired) electrons. The topological polar surface area (TPSA) is 109 Å². The second-order valence-corrected chi connectivity index (χ2v) is 12.2. The second kappa shape index (κ2) is 11.5. The maximum absolute atomic E-state index is 13.1. The third-order valence-corrected chi connectivity index (χ3v) is 9.05. The van der Waals surface area contributed by atoms with E-state index in [9.17, 15) is 26.4 Å². The van der Waals surface area contributed by atoms with E-state index < -0.39 is 33.6 Å². The molecule has 5 rings (SSSR count). The lowest BCUT2D eigenvalue weighted by atomic mass is 9.89. The summed E-state index contributed by atoms with van der Waals surface area (Å²) in [6.07, 6.45) is -0.987. The minimum Gasteiger partial charge on any atom is -0.490 e. The first kappa shape index (κ1) is 29.1. The van der Waals surface area contributed by atoms with E-state index in [0.717, 1.165) is 60.3 Å². The zero-order valence-corrected chi connectivity index (χ0v) is 23.2. The van der Waals surface area contributed by atoms with Crippen molar-refractivity contribution < 1.29 is 35.9 Å². The number of aryl methyl sites for hydroxylation is 1. The van der Waals surface area contributed by atoms with Crippen molar-refractivity contribution in [3.63, 3.8) is 0 Å². The van der Waals surface area contributed by atoms with Crippen LogP contribution >= 0.6 is 0 Å². The summed E-state index contributed by atoms with van der Waals surface area (Å²) in [5.74, 6) is 0.0383. The van der Waals surface area contributed by atoms with Gasteiger partial charge in [-0.2, -0.15) is 4.31 Å². The summed E-state index contributed by atoms with van der Waals surface area (Å²) in [6.45, 7) is 3.87. The lowest BCUT2D eigenvalue weighted by Crippen LogP contribution is -2.50. The number of nitrogens with one attached hydrogen (secondary N) is 2. The van der Waals surface area contributed by atoms with Gasteiger partial charge in [0.1, 0.15) is 29.0 Å². The molecule has 0 bridgehead atoms. The van der Waals surface area contributed by atoms with Crippen LogP contribution in [0, 0.1) is 6.92 Å². The van der Waals surface area contributed by atoms with Crippen molar-refractivity contribution in [2.24, 2.45) is 4.99 Å². The van der Waals surface area contributed by atoms with E-state index >= 15 is 0 Å². The Labute approximate surface area is 236 Å². The highest BCUT2D eigenvalue weighted by Crippen LogP contribution is 2.33. The van der Waals surface area contributed by atoms with E-state index in [-0.39, 0.29) is 43.4 Å². The molecular formula is C28H31F3N4O5S. The molecule has 2 saturated heterocycles. The largest absolute Gasteiger partial charge is 0.573 e. The van der Waals surface area contributed by atoms with Crippen LogP contribution in [-0.2, 0) is 14.8 Å². The number of hydrogen-bond acceptors (Lipinski definition) is 7. The third-order valence-electron chi connectivity index (χ3n) is 7.48. The van der Waals surface area contributed by atoms with Crippen LogP contribution in [0.15, 0.2) is 52.9 Å². The molecular weight excluding hydrogens is 561 g/mol. The number of aliphatic imine (C=N–C) groups is 1. The highest BCUT2D eigenvalue weighted by molar-refractivity contribution is 7.92. The van der Waals surface area contributed by atoms with E-state index in [2.05, 4.69) is 20.4 Å². The zero-order chi connectivity index (χ0) is 29.3. The molecule has 2 N–H and O–H groups in total. The number of alkyl halides is 3. The Hall–Kier alpha value is -3.42. The van der Waals surface area contributed by atoms with Crippen molar-refractivity contribution in [1.29, 1.82) is 0 Å². The molecule has 2 aromatic rings. The standard InChI is InChI=1S/C28H31F3N4O5S/c1-19-17-23(39-22-7-12-32-13-8-22)6-5-20(19)9-16-41(37,38)35-14-10-27(11-15-35)26(36)33-25(34-27)21-3-2-4-24(18-21)40-28(29,30)31/h2-6,9,16-18,22,32H,7-8,10-15H2,1H3,(H,33,34,36). The van der Waals surface area contributed by atoms with E-state index in [0.29, 0.717) is 0 Å². The number of hydrogen-bond donors (Lipinski definition) is 2. The van der Waals surface area contributed by atoms with E-state index in [1.165, 1.54) is 16.4 Å². The summed E-state index contributed by atoms with van der Waals surface area (Å²) in [5.41, 5.74) is 0.709. The fraction of sp³-hybridized carbons (Fsp3) is 0.429. The lowest BCUT2D eigenvalue weighted by molar-refractivity contribution is -0.274. The van der Waals surface area contributed by atoms with Gasteiger partial charge < -0.3 is 20.1 Å². The van der Waals surface area contributed by atoms with E-state index in [4.69, 9.17) is 4.74 Å². The number of rotatable bonds is 7. The lowest BCUT2D eigenvalue weighted by Gasteiger charge is -2.34. The van der Waals surface area contributed by atoms with Gasteiger partial charge in [0.15, 0.2) is 0 Å². The Morgan fingerprint density at radius 2 is 1.80 bits per heavy atom. The fourth-order valence-corrected chi connectivity index (χ4v) is 6.39. The number of sulfonamides is 1. The van der Waals surface area contributed by atoms with Crippen molar-refractivity contribution in [3.05, 3.63) is 64.6 Å². The summed E-state index contributed by atoms with van der Waals surface area (Å²) < 4.78 is 75.3. The van der Waals surface area contributed by atoms with Gasteiger partial charge in [-0.3, -0.25) is 9.79 Å². The summed E-state index contributed by atoms with van der Waals surface area (Å²) >= 11 is 0. The summed E-state index contributed by atoms with van der Waals surface area (Å²) in [4.78, 5) is 17.4. The quantitative estimate of drug-likeness (QED) is 0.507. The third kappa shape index (κ3) is 6.91. The first-order valence-corrected chi connectivity index (χ1v) is 14.9. The van der Waals surface area contributed by atoms with Crippen LogP contribution in [0.4, 0.5) is 13.2 Å². The van der Waals surface area contributed by atoms with E-state index in [1.54, 1.807) is 6.08 Å². The van der Waals surface area contributed by atoms with Crippen LogP contribution in [-0.4, -0.2) is 68.7 Å². The molecule has 13 heteroatoms. The number of halogens is 3. The van der Waals surface area contributed by atoms with Crippen LogP contribution in [0.1, 0.15) is 42.4 Å². The van der Waals surface area contributed by atoms with Crippen LogP contribution in [0.3, 0.4) is 0 Å². The zero-order valence-electron chi connectivity index (χ0n) is 22.4. The predicted octanol–water partition coefficient (Wildman–Crippen LogP) is 3.74. The van der Waals surface area contributed by atoms with Gasteiger partial charge >= 0.3 is 6.36 Å². The molecule has 2 fully saturated rings. The van der Waals surface area contributed by atoms with Gasteiger partial charge in [-0.15, -0.1) is 13.2 Å². The number of carbonyl (C=O) groups excluding carboxylic acids is 1. The van der Waals surface area contributed by atoms with Gasteiger partial charge in [0.2, 0.25) is 10.0 Å². The number of piperidine rings is 2. The molecule has 0 aliphatic carbocycles. The minimum absolute atomic E-state index is 0.0656. The maximum atomic E-state index is 13.1. The Morgan fingerprint density at radius 3 is 2.49 bits per heavy atom. The van der Waals surface area contributed by atoms with Crippen molar-refractivity contribution >= 4 is 27.8 Å². The van der Waals surface area contributed by atoms with Crippen molar-refractivity contribution in [2.75, 3.05) is 26.2 Å². The van der Waals surface area contributed by atoms with Crippen LogP contribution in [0.2, 0.25) is 0 Å². The van der Waals surface area contributed by atoms with Gasteiger partial charge in [0.05, 0.1) is 0 Å². The number of ether oxygens (including phenoxy) is 2. The molecule has 1 amide bonds. The second-order valence-electron chi connectivity index (χ2n) is 10.4. The monoisotopic (exact) mass is 592 g/mol. The van der Waals surface area contributed by atoms with Crippen LogP contribution in [0.5, 0.6) is 11.5 Å². The SMILES string of the molecule is Cc1cc(OC2CCNCC2)ccc1C=CS(=O)(=O)N1CCC2(CC1)N=C(c1cccc(OC(F)(F)F)c1)NC2=O. The molecule has 0 atom stereocenters. The molecule has 0 saturated carbocycles. The molecule has 41 heavy (non-hydrogen) atoms. The average Bonchev–Trinajstić information content (AvgIpc) is 3.23. The van der Waals surface area contributed by atoms with Gasteiger partial charge in [0.25, 0.3) is 5.91 Å². The summed E-state index contributed by atoms with van der Waals surface area (Å²) in [6, 6.07) is 10.7. The summed E-state index contributed by atoms with van der Waals surface area (Å²) in [7, 11) is -3.77. The van der Waals surface area contributed by atoms with Gasteiger partial charge in [-0.1, -0.05) is 18.2 Å². The molecule has 3 aliphatic heterocycles. The molecule has 9 nitrogen and oxygen atoms in total. The number of carbonyl (C=O) groups is 1.